The zero-order valence-corrected chi connectivity index (χ0v) is 11.7. The Morgan fingerprint density at radius 3 is 2.72 bits per heavy atom. The molecule has 0 aromatic heterocycles. The van der Waals surface area contributed by atoms with Crippen molar-refractivity contribution in [3.63, 3.8) is 0 Å². The van der Waals surface area contributed by atoms with Gasteiger partial charge in [0.15, 0.2) is 0 Å². The summed E-state index contributed by atoms with van der Waals surface area (Å²) in [4.78, 5) is 11.8. The van der Waals surface area contributed by atoms with Crippen LogP contribution < -0.4 is 11.1 Å². The molecule has 1 aromatic carbocycles. The molecule has 0 saturated heterocycles. The zero-order chi connectivity index (χ0) is 13.5. The van der Waals surface area contributed by atoms with E-state index in [1.54, 1.807) is 12.1 Å². The zero-order valence-electron chi connectivity index (χ0n) is 10.9. The van der Waals surface area contributed by atoms with E-state index in [-0.39, 0.29) is 5.91 Å². The molecule has 0 bridgehead atoms. The Morgan fingerprint density at radius 1 is 1.44 bits per heavy atom. The number of hydrogen-bond acceptors (Lipinski definition) is 2. The van der Waals surface area contributed by atoms with Gasteiger partial charge in [0.2, 0.25) is 5.91 Å². The van der Waals surface area contributed by atoms with E-state index in [9.17, 15) is 4.79 Å². The molecule has 3 nitrogen and oxygen atoms in total. The standard InChI is InChI=1S/C14H21ClN2O/c1-10(2)11(9-16)6-7-14(18)17-13-5-3-4-12(15)8-13/h3-5,8,10-11H,6-7,9,16H2,1-2H3,(H,17,18). The Bertz CT molecular complexity index is 393. The Hall–Kier alpha value is -1.06. The summed E-state index contributed by atoms with van der Waals surface area (Å²) in [5, 5.41) is 3.46. The maximum Gasteiger partial charge on any atom is 0.224 e. The lowest BCUT2D eigenvalue weighted by molar-refractivity contribution is -0.116. The quantitative estimate of drug-likeness (QED) is 0.832. The van der Waals surface area contributed by atoms with E-state index in [1.165, 1.54) is 0 Å². The van der Waals surface area contributed by atoms with E-state index in [1.807, 2.05) is 12.1 Å². The van der Waals surface area contributed by atoms with Gasteiger partial charge in [-0.25, -0.2) is 0 Å². The first-order valence-corrected chi connectivity index (χ1v) is 6.66. The van der Waals surface area contributed by atoms with Gasteiger partial charge in [-0.2, -0.15) is 0 Å². The molecule has 1 rings (SSSR count). The van der Waals surface area contributed by atoms with Crippen molar-refractivity contribution in [1.82, 2.24) is 0 Å². The molecular formula is C14H21ClN2O. The van der Waals surface area contributed by atoms with Crippen LogP contribution in [0.5, 0.6) is 0 Å². The normalized spacial score (nSPS) is 12.5. The molecule has 4 heteroatoms. The third-order valence-electron chi connectivity index (χ3n) is 3.10. The van der Waals surface area contributed by atoms with E-state index in [0.717, 1.165) is 12.1 Å². The van der Waals surface area contributed by atoms with Crippen molar-refractivity contribution in [2.45, 2.75) is 26.7 Å². The summed E-state index contributed by atoms with van der Waals surface area (Å²) in [6.07, 6.45) is 1.31. The van der Waals surface area contributed by atoms with Gasteiger partial charge in [-0.1, -0.05) is 31.5 Å². The first-order valence-electron chi connectivity index (χ1n) is 6.28. The number of benzene rings is 1. The predicted molar refractivity (Wildman–Crippen MR) is 76.7 cm³/mol. The lowest BCUT2D eigenvalue weighted by atomic mass is 9.91. The number of carbonyl (C=O) groups is 1. The SMILES string of the molecule is CC(C)C(CN)CCC(=O)Nc1cccc(Cl)c1. The van der Waals surface area contributed by atoms with Gasteiger partial charge >= 0.3 is 0 Å². The van der Waals surface area contributed by atoms with E-state index in [2.05, 4.69) is 19.2 Å². The monoisotopic (exact) mass is 268 g/mol. The van der Waals surface area contributed by atoms with Crippen LogP contribution in [0.2, 0.25) is 5.02 Å². The van der Waals surface area contributed by atoms with Crippen LogP contribution in [-0.2, 0) is 4.79 Å². The third kappa shape index (κ3) is 5.07. The fourth-order valence-corrected chi connectivity index (χ4v) is 2.02. The average Bonchev–Trinajstić information content (AvgIpc) is 2.29. The molecule has 1 unspecified atom stereocenters. The van der Waals surface area contributed by atoms with Crippen LogP contribution in [0.4, 0.5) is 5.69 Å². The topological polar surface area (TPSA) is 55.1 Å². The Kier molecular flexibility index (Phi) is 6.16. The predicted octanol–water partition coefficient (Wildman–Crippen LogP) is 3.29. The number of amides is 1. The fourth-order valence-electron chi connectivity index (χ4n) is 1.83. The summed E-state index contributed by atoms with van der Waals surface area (Å²) in [5.74, 6) is 0.917. The van der Waals surface area contributed by atoms with Crippen LogP contribution in [0.25, 0.3) is 0 Å². The van der Waals surface area contributed by atoms with Crippen molar-refractivity contribution >= 4 is 23.2 Å². The van der Waals surface area contributed by atoms with Crippen molar-refractivity contribution in [1.29, 1.82) is 0 Å². The molecule has 0 aliphatic rings. The number of carbonyl (C=O) groups excluding carboxylic acids is 1. The van der Waals surface area contributed by atoms with E-state index in [0.29, 0.717) is 29.8 Å². The molecule has 18 heavy (non-hydrogen) atoms. The molecule has 0 saturated carbocycles. The lowest BCUT2D eigenvalue weighted by Gasteiger charge is -2.18. The van der Waals surface area contributed by atoms with Gasteiger partial charge in [0.25, 0.3) is 0 Å². The molecule has 0 heterocycles. The van der Waals surface area contributed by atoms with Crippen molar-refractivity contribution < 1.29 is 4.79 Å². The maximum absolute atomic E-state index is 11.8. The highest BCUT2D eigenvalue weighted by molar-refractivity contribution is 6.30. The van der Waals surface area contributed by atoms with Crippen molar-refractivity contribution in [2.24, 2.45) is 17.6 Å². The first-order chi connectivity index (χ1) is 8.52. The first kappa shape index (κ1) is 15.0. The molecule has 0 aliphatic heterocycles. The van der Waals surface area contributed by atoms with Gasteiger partial charge < -0.3 is 11.1 Å². The van der Waals surface area contributed by atoms with Gasteiger partial charge in [0.1, 0.15) is 0 Å². The highest BCUT2D eigenvalue weighted by Crippen LogP contribution is 2.18. The van der Waals surface area contributed by atoms with Crippen LogP contribution in [-0.4, -0.2) is 12.5 Å². The Labute approximate surface area is 114 Å². The molecule has 0 fully saturated rings. The minimum Gasteiger partial charge on any atom is -0.330 e. The van der Waals surface area contributed by atoms with Crippen LogP contribution in [0.3, 0.4) is 0 Å². The molecule has 1 aromatic rings. The summed E-state index contributed by atoms with van der Waals surface area (Å²) in [5.41, 5.74) is 6.42. The van der Waals surface area contributed by atoms with Crippen molar-refractivity contribution in [3.05, 3.63) is 29.3 Å². The number of rotatable bonds is 6. The summed E-state index contributed by atoms with van der Waals surface area (Å²) in [6.45, 7) is 4.89. The molecule has 1 amide bonds. The minimum absolute atomic E-state index is 0.0105. The van der Waals surface area contributed by atoms with Crippen LogP contribution in [0, 0.1) is 11.8 Å². The second kappa shape index (κ2) is 7.39. The van der Waals surface area contributed by atoms with Crippen molar-refractivity contribution in [3.8, 4) is 0 Å². The number of hydrogen-bond donors (Lipinski definition) is 2. The number of nitrogens with one attached hydrogen (secondary N) is 1. The Balaban J connectivity index is 2.42. The molecular weight excluding hydrogens is 248 g/mol. The molecule has 0 spiro atoms. The van der Waals surface area contributed by atoms with Crippen LogP contribution in [0.15, 0.2) is 24.3 Å². The summed E-state index contributed by atoms with van der Waals surface area (Å²) < 4.78 is 0. The number of anilines is 1. The smallest absolute Gasteiger partial charge is 0.224 e. The van der Waals surface area contributed by atoms with Crippen LogP contribution >= 0.6 is 11.6 Å². The Morgan fingerprint density at radius 2 is 2.17 bits per heavy atom. The van der Waals surface area contributed by atoms with E-state index >= 15 is 0 Å². The largest absolute Gasteiger partial charge is 0.330 e. The highest BCUT2D eigenvalue weighted by Gasteiger charge is 2.13. The van der Waals surface area contributed by atoms with Gasteiger partial charge in [0.05, 0.1) is 0 Å². The highest BCUT2D eigenvalue weighted by atomic mass is 35.5. The molecule has 0 aliphatic carbocycles. The average molecular weight is 269 g/mol. The molecule has 1 atom stereocenters. The minimum atomic E-state index is 0.0105. The van der Waals surface area contributed by atoms with E-state index in [4.69, 9.17) is 17.3 Å². The lowest BCUT2D eigenvalue weighted by Crippen LogP contribution is -2.22. The fraction of sp³-hybridized carbons (Fsp3) is 0.500. The van der Waals surface area contributed by atoms with Gasteiger partial charge in [0, 0.05) is 17.1 Å². The second-order valence-electron chi connectivity index (χ2n) is 4.84. The van der Waals surface area contributed by atoms with Crippen LogP contribution in [0.1, 0.15) is 26.7 Å². The second-order valence-corrected chi connectivity index (χ2v) is 5.27. The van der Waals surface area contributed by atoms with Gasteiger partial charge in [-0.3, -0.25) is 4.79 Å². The summed E-state index contributed by atoms with van der Waals surface area (Å²) >= 11 is 5.85. The van der Waals surface area contributed by atoms with Gasteiger partial charge in [-0.15, -0.1) is 0 Å². The maximum atomic E-state index is 11.8. The number of nitrogens with two attached hydrogens (primary N) is 1. The third-order valence-corrected chi connectivity index (χ3v) is 3.33. The van der Waals surface area contributed by atoms with Gasteiger partial charge in [-0.05, 0) is 43.0 Å². The summed E-state index contributed by atoms with van der Waals surface area (Å²) in [6, 6.07) is 7.16. The number of halogens is 1. The molecule has 0 radical (unpaired) electrons. The van der Waals surface area contributed by atoms with E-state index < -0.39 is 0 Å². The summed E-state index contributed by atoms with van der Waals surface area (Å²) in [7, 11) is 0. The molecule has 100 valence electrons. The molecule has 3 N–H and O–H groups in total. The van der Waals surface area contributed by atoms with Crippen molar-refractivity contribution in [2.75, 3.05) is 11.9 Å².